The molecule has 3 heteroatoms. The first-order valence-corrected chi connectivity index (χ1v) is 9.60. The van der Waals surface area contributed by atoms with E-state index in [0.29, 0.717) is 0 Å². The lowest BCUT2D eigenvalue weighted by atomic mass is 9.92. The van der Waals surface area contributed by atoms with Gasteiger partial charge in [0.1, 0.15) is 5.75 Å². The Balaban J connectivity index is 1.61. The topological polar surface area (TPSA) is 38.3 Å². The van der Waals surface area contributed by atoms with Gasteiger partial charge in [-0.15, -0.1) is 0 Å². The predicted molar refractivity (Wildman–Crippen MR) is 106 cm³/mol. The molecule has 0 saturated heterocycles. The maximum absolute atomic E-state index is 12.5. The van der Waals surface area contributed by atoms with E-state index in [1.165, 1.54) is 35.1 Å². The van der Waals surface area contributed by atoms with Gasteiger partial charge in [0.25, 0.3) is 5.91 Å². The Kier molecular flexibility index (Phi) is 5.65. The highest BCUT2D eigenvalue weighted by Gasteiger charge is 2.19. The minimum Gasteiger partial charge on any atom is -0.481 e. The van der Waals surface area contributed by atoms with E-state index in [1.54, 1.807) is 0 Å². The fourth-order valence-electron chi connectivity index (χ4n) is 3.49. The summed E-state index contributed by atoms with van der Waals surface area (Å²) in [4.78, 5) is 12.5. The average molecular weight is 351 g/mol. The maximum atomic E-state index is 12.5. The van der Waals surface area contributed by atoms with Crippen molar-refractivity contribution in [3.05, 3.63) is 64.2 Å². The fraction of sp³-hybridized carbons (Fsp3) is 0.435. The fourth-order valence-corrected chi connectivity index (χ4v) is 3.49. The molecule has 0 aromatic heterocycles. The molecule has 0 spiro atoms. The zero-order chi connectivity index (χ0) is 18.7. The maximum Gasteiger partial charge on any atom is 0.261 e. The molecular formula is C23H29NO2. The number of carbonyl (C=O) groups excluding carboxylic acids is 1. The summed E-state index contributed by atoms with van der Waals surface area (Å²) >= 11 is 0. The summed E-state index contributed by atoms with van der Waals surface area (Å²) in [7, 11) is 0. The van der Waals surface area contributed by atoms with Gasteiger partial charge in [-0.25, -0.2) is 0 Å². The number of rotatable bonds is 5. The number of aryl methyl sites for hydroxylation is 4. The molecule has 2 aromatic rings. The van der Waals surface area contributed by atoms with Crippen LogP contribution < -0.4 is 10.1 Å². The van der Waals surface area contributed by atoms with Gasteiger partial charge >= 0.3 is 0 Å². The highest BCUT2D eigenvalue weighted by molar-refractivity contribution is 5.81. The molecule has 2 unspecified atom stereocenters. The Hall–Kier alpha value is -2.29. The summed E-state index contributed by atoms with van der Waals surface area (Å²) < 4.78 is 5.91. The highest BCUT2D eigenvalue weighted by Crippen LogP contribution is 2.26. The normalized spacial score (nSPS) is 15.7. The summed E-state index contributed by atoms with van der Waals surface area (Å²) in [5, 5.41) is 3.06. The summed E-state index contributed by atoms with van der Waals surface area (Å²) in [5.74, 6) is 0.695. The molecule has 0 heterocycles. The number of benzene rings is 2. The van der Waals surface area contributed by atoms with Crippen LogP contribution in [-0.2, 0) is 17.6 Å². The number of hydrogen-bond acceptors (Lipinski definition) is 2. The van der Waals surface area contributed by atoms with Crippen molar-refractivity contribution in [2.45, 2.75) is 65.5 Å². The molecule has 26 heavy (non-hydrogen) atoms. The highest BCUT2D eigenvalue weighted by atomic mass is 16.5. The molecule has 1 amide bonds. The van der Waals surface area contributed by atoms with Crippen LogP contribution in [0.1, 0.15) is 60.5 Å². The molecule has 1 N–H and O–H groups in total. The van der Waals surface area contributed by atoms with Gasteiger partial charge in [-0.05, 0) is 93.3 Å². The second-order valence-corrected chi connectivity index (χ2v) is 7.47. The molecule has 1 aliphatic carbocycles. The SMILES string of the molecule is Cc1ccc(C(C)NC(=O)C(C)Oc2ccc3c(c2)CCCC3)cc1C. The van der Waals surface area contributed by atoms with E-state index in [1.807, 2.05) is 19.9 Å². The van der Waals surface area contributed by atoms with Crippen LogP contribution in [0.4, 0.5) is 0 Å². The quantitative estimate of drug-likeness (QED) is 0.838. The number of nitrogens with one attached hydrogen (secondary N) is 1. The first-order chi connectivity index (χ1) is 12.4. The molecule has 3 rings (SSSR count). The lowest BCUT2D eigenvalue weighted by molar-refractivity contribution is -0.127. The third-order valence-corrected chi connectivity index (χ3v) is 5.39. The van der Waals surface area contributed by atoms with E-state index in [2.05, 4.69) is 49.5 Å². The van der Waals surface area contributed by atoms with Gasteiger partial charge < -0.3 is 10.1 Å². The standard InChI is InChI=1S/C23H29NO2/c1-15-9-10-20(13-16(15)2)17(3)24-23(25)18(4)26-22-12-11-19-7-5-6-8-21(19)14-22/h9-14,17-18H,5-8H2,1-4H3,(H,24,25). The van der Waals surface area contributed by atoms with Gasteiger partial charge in [0.05, 0.1) is 6.04 Å². The van der Waals surface area contributed by atoms with Crippen LogP contribution in [0.5, 0.6) is 5.75 Å². The Labute approximate surface area is 156 Å². The largest absolute Gasteiger partial charge is 0.481 e. The van der Waals surface area contributed by atoms with Crippen molar-refractivity contribution in [2.24, 2.45) is 0 Å². The van der Waals surface area contributed by atoms with Crippen molar-refractivity contribution < 1.29 is 9.53 Å². The van der Waals surface area contributed by atoms with E-state index in [9.17, 15) is 4.79 Å². The molecule has 2 aromatic carbocycles. The number of ether oxygens (including phenoxy) is 1. The average Bonchev–Trinajstić information content (AvgIpc) is 2.63. The summed E-state index contributed by atoms with van der Waals surface area (Å²) in [6.07, 6.45) is 4.24. The van der Waals surface area contributed by atoms with Crippen molar-refractivity contribution in [2.75, 3.05) is 0 Å². The third-order valence-electron chi connectivity index (χ3n) is 5.39. The Morgan fingerprint density at radius 1 is 0.962 bits per heavy atom. The van der Waals surface area contributed by atoms with Gasteiger partial charge in [0.2, 0.25) is 0 Å². The summed E-state index contributed by atoms with van der Waals surface area (Å²) in [6.45, 7) is 8.00. The predicted octanol–water partition coefficient (Wildman–Crippen LogP) is 4.83. The van der Waals surface area contributed by atoms with Gasteiger partial charge in [-0.3, -0.25) is 4.79 Å². The van der Waals surface area contributed by atoms with E-state index in [4.69, 9.17) is 4.74 Å². The van der Waals surface area contributed by atoms with Crippen molar-refractivity contribution in [1.29, 1.82) is 0 Å². The van der Waals surface area contributed by atoms with Crippen molar-refractivity contribution in [3.63, 3.8) is 0 Å². The second kappa shape index (κ2) is 7.94. The van der Waals surface area contributed by atoms with Crippen molar-refractivity contribution in [3.8, 4) is 5.75 Å². The monoisotopic (exact) mass is 351 g/mol. The molecule has 1 aliphatic rings. The van der Waals surface area contributed by atoms with E-state index in [-0.39, 0.29) is 11.9 Å². The van der Waals surface area contributed by atoms with Crippen LogP contribution in [-0.4, -0.2) is 12.0 Å². The molecule has 0 saturated carbocycles. The lowest BCUT2D eigenvalue weighted by Crippen LogP contribution is -2.37. The zero-order valence-corrected chi connectivity index (χ0v) is 16.3. The first kappa shape index (κ1) is 18.5. The minimum absolute atomic E-state index is 0.0450. The Morgan fingerprint density at radius 3 is 2.42 bits per heavy atom. The molecule has 138 valence electrons. The molecule has 0 radical (unpaired) electrons. The number of amides is 1. The van der Waals surface area contributed by atoms with Gasteiger partial charge in [-0.1, -0.05) is 24.3 Å². The molecule has 3 nitrogen and oxygen atoms in total. The van der Waals surface area contributed by atoms with E-state index < -0.39 is 6.10 Å². The smallest absolute Gasteiger partial charge is 0.261 e. The van der Waals surface area contributed by atoms with Gasteiger partial charge in [0.15, 0.2) is 6.10 Å². The summed E-state index contributed by atoms with van der Waals surface area (Å²) in [5.41, 5.74) is 6.40. The van der Waals surface area contributed by atoms with Crippen LogP contribution in [0.3, 0.4) is 0 Å². The molecule has 0 fully saturated rings. The Morgan fingerprint density at radius 2 is 1.69 bits per heavy atom. The van der Waals surface area contributed by atoms with Crippen LogP contribution in [0, 0.1) is 13.8 Å². The first-order valence-electron chi connectivity index (χ1n) is 9.60. The van der Waals surface area contributed by atoms with Crippen LogP contribution >= 0.6 is 0 Å². The number of fused-ring (bicyclic) bond motifs is 1. The van der Waals surface area contributed by atoms with E-state index >= 15 is 0 Å². The van der Waals surface area contributed by atoms with Crippen LogP contribution in [0.2, 0.25) is 0 Å². The molecule has 0 aliphatic heterocycles. The van der Waals surface area contributed by atoms with Gasteiger partial charge in [0, 0.05) is 0 Å². The summed E-state index contributed by atoms with van der Waals surface area (Å²) in [6, 6.07) is 12.5. The van der Waals surface area contributed by atoms with Crippen molar-refractivity contribution in [1.82, 2.24) is 5.32 Å². The van der Waals surface area contributed by atoms with E-state index in [0.717, 1.165) is 24.2 Å². The third kappa shape index (κ3) is 4.27. The zero-order valence-electron chi connectivity index (χ0n) is 16.3. The van der Waals surface area contributed by atoms with Crippen LogP contribution in [0.25, 0.3) is 0 Å². The number of hydrogen-bond donors (Lipinski definition) is 1. The second-order valence-electron chi connectivity index (χ2n) is 7.47. The minimum atomic E-state index is -0.523. The molecule has 0 bridgehead atoms. The number of carbonyl (C=O) groups is 1. The van der Waals surface area contributed by atoms with Gasteiger partial charge in [-0.2, -0.15) is 0 Å². The van der Waals surface area contributed by atoms with Crippen LogP contribution in [0.15, 0.2) is 36.4 Å². The Bertz CT molecular complexity index is 797. The molecule has 2 atom stereocenters. The molecular weight excluding hydrogens is 322 g/mol. The van der Waals surface area contributed by atoms with Crippen molar-refractivity contribution >= 4 is 5.91 Å². The lowest BCUT2D eigenvalue weighted by Gasteiger charge is -2.21.